The fourth-order valence-electron chi connectivity index (χ4n) is 2.24. The van der Waals surface area contributed by atoms with Crippen LogP contribution in [0.5, 0.6) is 0 Å². The molecule has 104 valence electrons. The molecule has 0 aromatic carbocycles. The molecule has 0 rings (SSSR count). The molecule has 3 nitrogen and oxygen atoms in total. The van der Waals surface area contributed by atoms with Crippen molar-refractivity contribution in [3.05, 3.63) is 0 Å². The summed E-state index contributed by atoms with van der Waals surface area (Å²) in [6.45, 7) is 14.2. The molecule has 1 unspecified atom stereocenters. The first kappa shape index (κ1) is 16.9. The molecule has 0 saturated carbocycles. The first-order valence-electron chi connectivity index (χ1n) is 7.04. The molecule has 1 atom stereocenters. The lowest BCUT2D eigenvalue weighted by atomic mass is 10.1. The maximum absolute atomic E-state index is 5.23. The van der Waals surface area contributed by atoms with Crippen LogP contribution in [-0.4, -0.2) is 49.8 Å². The molecule has 0 fully saturated rings. The molecule has 1 N–H and O–H groups in total. The summed E-state index contributed by atoms with van der Waals surface area (Å²) in [6.07, 6.45) is 2.43. The van der Waals surface area contributed by atoms with Crippen molar-refractivity contribution in [1.82, 2.24) is 10.2 Å². The Morgan fingerprint density at radius 2 is 1.71 bits per heavy atom. The van der Waals surface area contributed by atoms with E-state index in [0.29, 0.717) is 18.1 Å². The van der Waals surface area contributed by atoms with Crippen LogP contribution in [0.4, 0.5) is 0 Å². The number of ether oxygens (including phenoxy) is 1. The van der Waals surface area contributed by atoms with Crippen LogP contribution in [0.1, 0.15) is 47.5 Å². The Hall–Kier alpha value is -0.120. The molecular weight excluding hydrogens is 212 g/mol. The van der Waals surface area contributed by atoms with E-state index in [1.807, 2.05) is 0 Å². The van der Waals surface area contributed by atoms with Crippen LogP contribution in [-0.2, 0) is 4.74 Å². The van der Waals surface area contributed by atoms with Gasteiger partial charge in [-0.1, -0.05) is 27.7 Å². The molecule has 0 heterocycles. The SMILES string of the molecule is CCC(CC)N(CCOC)C(C)CNC(C)C. The maximum atomic E-state index is 5.23. The summed E-state index contributed by atoms with van der Waals surface area (Å²) in [5, 5.41) is 3.52. The van der Waals surface area contributed by atoms with Crippen LogP contribution in [0.2, 0.25) is 0 Å². The van der Waals surface area contributed by atoms with Crippen LogP contribution < -0.4 is 5.32 Å². The zero-order valence-electron chi connectivity index (χ0n) is 12.6. The fourth-order valence-corrected chi connectivity index (χ4v) is 2.24. The highest BCUT2D eigenvalue weighted by Gasteiger charge is 2.20. The zero-order valence-corrected chi connectivity index (χ0v) is 12.6. The summed E-state index contributed by atoms with van der Waals surface area (Å²) < 4.78 is 5.23. The number of methoxy groups -OCH3 is 1. The van der Waals surface area contributed by atoms with Gasteiger partial charge in [-0.25, -0.2) is 0 Å². The summed E-state index contributed by atoms with van der Waals surface area (Å²) in [7, 11) is 1.78. The van der Waals surface area contributed by atoms with Crippen LogP contribution in [0.3, 0.4) is 0 Å². The van der Waals surface area contributed by atoms with E-state index in [1.54, 1.807) is 7.11 Å². The molecule has 0 saturated heterocycles. The molecule has 0 bridgehead atoms. The van der Waals surface area contributed by atoms with Gasteiger partial charge in [0.15, 0.2) is 0 Å². The smallest absolute Gasteiger partial charge is 0.0589 e. The van der Waals surface area contributed by atoms with E-state index in [4.69, 9.17) is 4.74 Å². The second kappa shape index (κ2) is 9.86. The minimum atomic E-state index is 0.559. The van der Waals surface area contributed by atoms with E-state index in [-0.39, 0.29) is 0 Å². The molecule has 0 aliphatic rings. The third-order valence-electron chi connectivity index (χ3n) is 3.35. The zero-order chi connectivity index (χ0) is 13.3. The summed E-state index contributed by atoms with van der Waals surface area (Å²) in [4.78, 5) is 2.58. The monoisotopic (exact) mass is 244 g/mol. The third-order valence-corrected chi connectivity index (χ3v) is 3.35. The fraction of sp³-hybridized carbons (Fsp3) is 1.00. The number of nitrogens with one attached hydrogen (secondary N) is 1. The van der Waals surface area contributed by atoms with E-state index >= 15 is 0 Å². The number of hydrogen-bond acceptors (Lipinski definition) is 3. The van der Waals surface area contributed by atoms with Gasteiger partial charge in [-0.2, -0.15) is 0 Å². The quantitative estimate of drug-likeness (QED) is 0.639. The van der Waals surface area contributed by atoms with E-state index in [9.17, 15) is 0 Å². The van der Waals surface area contributed by atoms with Crippen molar-refractivity contribution in [2.45, 2.75) is 65.6 Å². The summed E-state index contributed by atoms with van der Waals surface area (Å²) >= 11 is 0. The lowest BCUT2D eigenvalue weighted by Gasteiger charge is -2.36. The Morgan fingerprint density at radius 3 is 2.12 bits per heavy atom. The van der Waals surface area contributed by atoms with Gasteiger partial charge in [-0.3, -0.25) is 4.90 Å². The van der Waals surface area contributed by atoms with Crippen LogP contribution in [0, 0.1) is 0 Å². The van der Waals surface area contributed by atoms with Crippen LogP contribution in [0.15, 0.2) is 0 Å². The molecule has 0 spiro atoms. The topological polar surface area (TPSA) is 24.5 Å². The van der Waals surface area contributed by atoms with Gasteiger partial charge in [-0.15, -0.1) is 0 Å². The van der Waals surface area contributed by atoms with Gasteiger partial charge in [0.05, 0.1) is 6.61 Å². The highest BCUT2D eigenvalue weighted by molar-refractivity contribution is 4.77. The standard InChI is InChI=1S/C14H32N2O/c1-7-14(8-2)16(9-10-17-6)13(5)11-15-12(3)4/h12-15H,7-11H2,1-6H3. The van der Waals surface area contributed by atoms with Crippen molar-refractivity contribution in [3.8, 4) is 0 Å². The highest BCUT2D eigenvalue weighted by atomic mass is 16.5. The van der Waals surface area contributed by atoms with E-state index in [2.05, 4.69) is 44.8 Å². The van der Waals surface area contributed by atoms with Gasteiger partial charge in [0.1, 0.15) is 0 Å². The Bertz CT molecular complexity index is 170. The average Bonchev–Trinajstić information content (AvgIpc) is 2.31. The summed E-state index contributed by atoms with van der Waals surface area (Å²) in [5.74, 6) is 0. The van der Waals surface area contributed by atoms with Crippen molar-refractivity contribution >= 4 is 0 Å². The predicted octanol–water partition coefficient (Wildman–Crippen LogP) is 2.51. The van der Waals surface area contributed by atoms with Gasteiger partial charge in [0.25, 0.3) is 0 Å². The normalized spacial score (nSPS) is 13.9. The molecule has 0 amide bonds. The average molecular weight is 244 g/mol. The van der Waals surface area contributed by atoms with Gasteiger partial charge in [0, 0.05) is 38.3 Å². The van der Waals surface area contributed by atoms with Gasteiger partial charge in [0.2, 0.25) is 0 Å². The molecule has 0 aromatic rings. The third kappa shape index (κ3) is 7.02. The Kier molecular flexibility index (Phi) is 9.79. The molecule has 0 aromatic heterocycles. The van der Waals surface area contributed by atoms with Gasteiger partial charge < -0.3 is 10.1 Å². The minimum Gasteiger partial charge on any atom is -0.383 e. The second-order valence-corrected chi connectivity index (χ2v) is 5.11. The van der Waals surface area contributed by atoms with Gasteiger partial charge in [-0.05, 0) is 19.8 Å². The molecule has 0 aliphatic heterocycles. The van der Waals surface area contributed by atoms with Crippen molar-refractivity contribution in [2.75, 3.05) is 26.8 Å². The first-order valence-corrected chi connectivity index (χ1v) is 7.04. The number of rotatable bonds is 10. The Morgan fingerprint density at radius 1 is 1.12 bits per heavy atom. The van der Waals surface area contributed by atoms with E-state index in [0.717, 1.165) is 19.7 Å². The van der Waals surface area contributed by atoms with Crippen molar-refractivity contribution in [2.24, 2.45) is 0 Å². The maximum Gasteiger partial charge on any atom is 0.0589 e. The largest absolute Gasteiger partial charge is 0.383 e. The van der Waals surface area contributed by atoms with Crippen molar-refractivity contribution in [3.63, 3.8) is 0 Å². The number of nitrogens with zero attached hydrogens (tertiary/aromatic N) is 1. The highest BCUT2D eigenvalue weighted by Crippen LogP contribution is 2.12. The van der Waals surface area contributed by atoms with E-state index < -0.39 is 0 Å². The predicted molar refractivity (Wildman–Crippen MR) is 75.6 cm³/mol. The van der Waals surface area contributed by atoms with E-state index in [1.165, 1.54) is 12.8 Å². The number of hydrogen-bond donors (Lipinski definition) is 1. The molecule has 3 heteroatoms. The lowest BCUT2D eigenvalue weighted by molar-refractivity contribution is 0.0844. The summed E-state index contributed by atoms with van der Waals surface area (Å²) in [5.41, 5.74) is 0. The lowest BCUT2D eigenvalue weighted by Crippen LogP contribution is -2.48. The van der Waals surface area contributed by atoms with Crippen LogP contribution >= 0.6 is 0 Å². The van der Waals surface area contributed by atoms with Gasteiger partial charge >= 0.3 is 0 Å². The second-order valence-electron chi connectivity index (χ2n) is 5.11. The van der Waals surface area contributed by atoms with Crippen molar-refractivity contribution < 1.29 is 4.74 Å². The van der Waals surface area contributed by atoms with Crippen molar-refractivity contribution in [1.29, 1.82) is 0 Å². The molecule has 0 radical (unpaired) electrons. The Balaban J connectivity index is 4.32. The van der Waals surface area contributed by atoms with Crippen LogP contribution in [0.25, 0.3) is 0 Å². The molecular formula is C14H32N2O. The Labute approximate surface area is 108 Å². The summed E-state index contributed by atoms with van der Waals surface area (Å²) in [6, 6.07) is 1.80. The minimum absolute atomic E-state index is 0.559. The molecule has 17 heavy (non-hydrogen) atoms. The first-order chi connectivity index (χ1) is 8.06. The molecule has 0 aliphatic carbocycles.